The van der Waals surface area contributed by atoms with Gasteiger partial charge in [0.2, 0.25) is 12.3 Å². The van der Waals surface area contributed by atoms with Gasteiger partial charge >= 0.3 is 17.9 Å². The summed E-state index contributed by atoms with van der Waals surface area (Å²) in [7, 11) is 2.53. The number of amides is 2. The van der Waals surface area contributed by atoms with Gasteiger partial charge in [-0.3, -0.25) is 38.7 Å². The van der Waals surface area contributed by atoms with E-state index in [1.54, 1.807) is 11.2 Å². The Morgan fingerprint density at radius 3 is 1.68 bits per heavy atom. The monoisotopic (exact) mass is 729 g/mol. The van der Waals surface area contributed by atoms with Crippen molar-refractivity contribution in [1.82, 2.24) is 34.5 Å². The van der Waals surface area contributed by atoms with Gasteiger partial charge < -0.3 is 40.3 Å². The topological polar surface area (TPSA) is 224 Å². The van der Waals surface area contributed by atoms with Crippen LogP contribution >= 0.6 is 11.9 Å². The first-order chi connectivity index (χ1) is 23.9. The molecule has 1 fully saturated rings. The Morgan fingerprint density at radius 2 is 1.28 bits per heavy atom. The molecule has 1 aliphatic rings. The summed E-state index contributed by atoms with van der Waals surface area (Å²) < 4.78 is 2.84. The normalized spacial score (nSPS) is 15.7. The SMILES string of the molecule is CCN1CCN(CC=O)CCN(CC(=O)O)CCN(CC(=O)O)CC1.CO.CSNC(Cc1ccc(CNC(=O)CN(C)C=O)cc1)C(=O)O. The molecule has 1 saturated heterocycles. The lowest BCUT2D eigenvalue weighted by molar-refractivity contribution is -0.140. The van der Waals surface area contributed by atoms with Crippen molar-refractivity contribution in [2.75, 3.05) is 105 Å². The van der Waals surface area contributed by atoms with Crippen molar-refractivity contribution >= 4 is 48.5 Å². The second-order valence-corrected chi connectivity index (χ2v) is 11.9. The fraction of sp³-hybridized carbons (Fsp3) is 0.625. The van der Waals surface area contributed by atoms with Crippen molar-refractivity contribution in [3.05, 3.63) is 35.4 Å². The lowest BCUT2D eigenvalue weighted by Gasteiger charge is -2.32. The number of rotatable bonds is 17. The number of aliphatic hydroxyl groups is 1. The van der Waals surface area contributed by atoms with Gasteiger partial charge in [0, 0.05) is 73.1 Å². The van der Waals surface area contributed by atoms with Gasteiger partial charge in [0.25, 0.3) is 0 Å². The maximum Gasteiger partial charge on any atom is 0.321 e. The highest BCUT2D eigenvalue weighted by molar-refractivity contribution is 7.96. The molecule has 18 heteroatoms. The number of nitrogens with zero attached hydrogens (tertiary/aromatic N) is 5. The molecule has 0 aromatic heterocycles. The van der Waals surface area contributed by atoms with E-state index in [2.05, 4.69) is 21.9 Å². The predicted molar refractivity (Wildman–Crippen MR) is 190 cm³/mol. The molecule has 2 rings (SSSR count). The zero-order chi connectivity index (χ0) is 37.9. The van der Waals surface area contributed by atoms with Gasteiger partial charge in [0.1, 0.15) is 12.3 Å². The van der Waals surface area contributed by atoms with Gasteiger partial charge in [0.05, 0.1) is 26.2 Å². The molecule has 1 aromatic carbocycles. The minimum atomic E-state index is -0.907. The van der Waals surface area contributed by atoms with Crippen molar-refractivity contribution in [3.8, 4) is 0 Å². The molecule has 0 spiro atoms. The number of hydrogen-bond acceptors (Lipinski definition) is 13. The fourth-order valence-corrected chi connectivity index (χ4v) is 5.22. The van der Waals surface area contributed by atoms with Crippen LogP contribution in [-0.4, -0.2) is 193 Å². The van der Waals surface area contributed by atoms with E-state index in [1.165, 1.54) is 23.9 Å². The summed E-state index contributed by atoms with van der Waals surface area (Å²) in [4.78, 5) is 75.3. The van der Waals surface area contributed by atoms with Crippen LogP contribution in [0.5, 0.6) is 0 Å². The zero-order valence-corrected chi connectivity index (χ0v) is 30.3. The van der Waals surface area contributed by atoms with Crippen LogP contribution in [0.15, 0.2) is 24.3 Å². The second kappa shape index (κ2) is 28.1. The summed E-state index contributed by atoms with van der Waals surface area (Å²) in [6.07, 6.45) is 3.63. The molecule has 0 saturated carbocycles. The highest BCUT2D eigenvalue weighted by Crippen LogP contribution is 2.09. The molecule has 1 aliphatic heterocycles. The van der Waals surface area contributed by atoms with E-state index in [9.17, 15) is 28.8 Å². The molecule has 284 valence electrons. The smallest absolute Gasteiger partial charge is 0.321 e. The molecule has 1 heterocycles. The lowest BCUT2D eigenvalue weighted by atomic mass is 10.0. The van der Waals surface area contributed by atoms with Gasteiger partial charge in [-0.25, -0.2) is 4.72 Å². The van der Waals surface area contributed by atoms with E-state index in [-0.39, 0.29) is 25.5 Å². The van der Waals surface area contributed by atoms with E-state index in [4.69, 9.17) is 20.4 Å². The Labute approximate surface area is 298 Å². The Kier molecular flexibility index (Phi) is 26.0. The lowest BCUT2D eigenvalue weighted by Crippen LogP contribution is -2.47. The summed E-state index contributed by atoms with van der Waals surface area (Å²) in [5.41, 5.74) is 1.80. The number of aldehydes is 1. The van der Waals surface area contributed by atoms with Crippen LogP contribution in [0.3, 0.4) is 0 Å². The maximum atomic E-state index is 11.6. The highest BCUT2D eigenvalue weighted by atomic mass is 32.2. The maximum absolute atomic E-state index is 11.6. The summed E-state index contributed by atoms with van der Waals surface area (Å²) >= 11 is 1.27. The Hall–Kier alpha value is -3.65. The minimum absolute atomic E-state index is 0.0161. The van der Waals surface area contributed by atoms with E-state index in [1.807, 2.05) is 34.1 Å². The van der Waals surface area contributed by atoms with E-state index in [0.717, 1.165) is 50.7 Å². The predicted octanol–water partition coefficient (Wildman–Crippen LogP) is -1.54. The molecule has 0 bridgehead atoms. The number of nitrogens with one attached hydrogen (secondary N) is 2. The number of benzene rings is 1. The Bertz CT molecular complexity index is 1150. The average molecular weight is 730 g/mol. The molecule has 1 aromatic rings. The van der Waals surface area contributed by atoms with Crippen molar-refractivity contribution in [2.24, 2.45) is 0 Å². The van der Waals surface area contributed by atoms with E-state index >= 15 is 0 Å². The molecule has 6 N–H and O–H groups in total. The number of likely N-dealkylation sites (N-methyl/N-ethyl adjacent to an activating group) is 2. The Morgan fingerprint density at radius 1 is 0.820 bits per heavy atom. The van der Waals surface area contributed by atoms with Gasteiger partial charge in [-0.1, -0.05) is 43.1 Å². The van der Waals surface area contributed by atoms with Crippen LogP contribution in [0.1, 0.15) is 18.1 Å². The van der Waals surface area contributed by atoms with Crippen molar-refractivity contribution in [2.45, 2.75) is 25.9 Å². The molecular weight excluding hydrogens is 674 g/mol. The van der Waals surface area contributed by atoms with Gasteiger partial charge in [-0.15, -0.1) is 0 Å². The van der Waals surface area contributed by atoms with E-state index in [0.29, 0.717) is 58.6 Å². The summed E-state index contributed by atoms with van der Waals surface area (Å²) in [5, 5.41) is 37.0. The first kappa shape index (κ1) is 46.4. The summed E-state index contributed by atoms with van der Waals surface area (Å²) in [6.45, 7) is 8.53. The first-order valence-electron chi connectivity index (χ1n) is 16.1. The fourth-order valence-electron chi connectivity index (χ4n) is 4.75. The van der Waals surface area contributed by atoms with Crippen molar-refractivity contribution in [1.29, 1.82) is 0 Å². The summed E-state index contributed by atoms with van der Waals surface area (Å²) in [5.74, 6) is -2.91. The molecular formula is C32H55N7O10S. The number of carbonyl (C=O) groups excluding carboxylic acids is 3. The summed E-state index contributed by atoms with van der Waals surface area (Å²) in [6, 6.07) is 6.73. The van der Waals surface area contributed by atoms with E-state index < -0.39 is 23.9 Å². The largest absolute Gasteiger partial charge is 0.480 e. The quantitative estimate of drug-likeness (QED) is 0.0790. The zero-order valence-electron chi connectivity index (χ0n) is 29.5. The van der Waals surface area contributed by atoms with Crippen LogP contribution in [-0.2, 0) is 41.7 Å². The molecule has 1 atom stereocenters. The number of aliphatic carboxylic acids is 3. The van der Waals surface area contributed by atoms with Crippen molar-refractivity contribution in [3.63, 3.8) is 0 Å². The number of carbonyl (C=O) groups is 6. The van der Waals surface area contributed by atoms with Crippen LogP contribution in [0.25, 0.3) is 0 Å². The first-order valence-corrected chi connectivity index (χ1v) is 17.4. The third-order valence-electron chi connectivity index (χ3n) is 7.51. The molecule has 0 aliphatic carbocycles. The number of carboxylic acids is 3. The van der Waals surface area contributed by atoms with Crippen LogP contribution in [0.2, 0.25) is 0 Å². The number of hydrogen-bond donors (Lipinski definition) is 6. The van der Waals surface area contributed by atoms with Crippen LogP contribution in [0.4, 0.5) is 0 Å². The second-order valence-electron chi connectivity index (χ2n) is 11.3. The van der Waals surface area contributed by atoms with Gasteiger partial charge in [-0.05, 0) is 30.3 Å². The number of carboxylic acid groups (broad SMARTS) is 3. The minimum Gasteiger partial charge on any atom is -0.480 e. The molecule has 2 amide bonds. The third-order valence-corrected chi connectivity index (χ3v) is 8.03. The third kappa shape index (κ3) is 22.1. The van der Waals surface area contributed by atoms with Crippen molar-refractivity contribution < 1.29 is 49.2 Å². The molecule has 17 nitrogen and oxygen atoms in total. The standard InChI is InChI=1S/C16H30N4O5.C15H21N3O4S.CH4O/c1-2-17-3-5-18(11-12-21)6-8-20(14-16(24)25)10-9-19(7-4-17)13-15(22)23;1-18(10-19)9-14(20)16-8-12-5-3-11(4-6-12)7-13(15(21)22)17-23-2;1-2/h12H,2-11,13-14H2,1H3,(H,22,23)(H,24,25);3-6,10,13,17H,7-9H2,1-2H3,(H,16,20)(H,21,22);2H,1H3. The molecule has 0 radical (unpaired) electrons. The van der Waals surface area contributed by atoms with Crippen LogP contribution < -0.4 is 10.0 Å². The van der Waals surface area contributed by atoms with Gasteiger partial charge in [-0.2, -0.15) is 0 Å². The van der Waals surface area contributed by atoms with Gasteiger partial charge in [0.15, 0.2) is 0 Å². The molecule has 50 heavy (non-hydrogen) atoms. The van der Waals surface area contributed by atoms with Crippen LogP contribution in [0, 0.1) is 0 Å². The highest BCUT2D eigenvalue weighted by Gasteiger charge is 2.19. The number of aliphatic hydroxyl groups excluding tert-OH is 1. The Balaban J connectivity index is 0.000000918. The average Bonchev–Trinajstić information content (AvgIpc) is 3.08. The molecule has 1 unspecified atom stereocenters.